The summed E-state index contributed by atoms with van der Waals surface area (Å²) in [5.74, 6) is 2.40. The van der Waals surface area contributed by atoms with E-state index in [1.165, 1.54) is 44.9 Å². The maximum absolute atomic E-state index is 13.1. The first-order valence-electron chi connectivity index (χ1n) is 17.6. The smallest absolute Gasteiger partial charge is 0.343 e. The molecular weight excluding hydrogens is 560 g/mol. The lowest BCUT2D eigenvalue weighted by atomic mass is 10.0. The van der Waals surface area contributed by atoms with Crippen molar-refractivity contribution in [3.05, 3.63) is 72.3 Å². The van der Waals surface area contributed by atoms with E-state index >= 15 is 0 Å². The normalized spacial score (nSPS) is 11.6. The number of hydrogen-bond acceptors (Lipinski definition) is 5. The van der Waals surface area contributed by atoms with Crippen LogP contribution in [0, 0.1) is 0 Å². The molecule has 1 atom stereocenters. The van der Waals surface area contributed by atoms with E-state index in [0.29, 0.717) is 30.3 Å². The van der Waals surface area contributed by atoms with Gasteiger partial charge in [0, 0.05) is 5.56 Å². The van der Waals surface area contributed by atoms with Crippen LogP contribution in [0.15, 0.2) is 66.7 Å². The molecular formula is C40H56O5. The van der Waals surface area contributed by atoms with Crippen molar-refractivity contribution in [3.63, 3.8) is 0 Å². The number of carbonyl (C=O) groups is 1. The van der Waals surface area contributed by atoms with Crippen LogP contribution < -0.4 is 18.9 Å². The highest BCUT2D eigenvalue weighted by molar-refractivity contribution is 5.92. The van der Waals surface area contributed by atoms with Crippen molar-refractivity contribution >= 4 is 5.97 Å². The van der Waals surface area contributed by atoms with Gasteiger partial charge in [-0.1, -0.05) is 104 Å². The van der Waals surface area contributed by atoms with Gasteiger partial charge < -0.3 is 18.9 Å². The van der Waals surface area contributed by atoms with Crippen LogP contribution in [0.5, 0.6) is 23.0 Å². The van der Waals surface area contributed by atoms with Gasteiger partial charge in [-0.25, -0.2) is 4.79 Å². The number of unbranched alkanes of at least 4 members (excludes halogenated alkanes) is 9. The topological polar surface area (TPSA) is 54.0 Å². The fraction of sp³-hybridized carbons (Fsp3) is 0.525. The second-order valence-corrected chi connectivity index (χ2v) is 11.9. The molecule has 0 radical (unpaired) electrons. The van der Waals surface area contributed by atoms with Crippen LogP contribution in [0.25, 0.3) is 11.1 Å². The van der Waals surface area contributed by atoms with Gasteiger partial charge in [0.25, 0.3) is 0 Å². The molecule has 246 valence electrons. The van der Waals surface area contributed by atoms with Crippen LogP contribution in [0.1, 0.15) is 128 Å². The Morgan fingerprint density at radius 1 is 0.600 bits per heavy atom. The molecule has 3 aromatic carbocycles. The lowest BCUT2D eigenvalue weighted by Gasteiger charge is -2.17. The first-order valence-corrected chi connectivity index (χ1v) is 17.6. The summed E-state index contributed by atoms with van der Waals surface area (Å²) in [6, 6.07) is 21.0. The quantitative estimate of drug-likeness (QED) is 0.0603. The molecule has 0 aliphatic rings. The summed E-state index contributed by atoms with van der Waals surface area (Å²) in [6.07, 6.45) is 16.7. The zero-order valence-corrected chi connectivity index (χ0v) is 28.3. The maximum atomic E-state index is 13.1. The molecule has 3 aromatic rings. The molecule has 5 nitrogen and oxygen atoms in total. The van der Waals surface area contributed by atoms with Crippen LogP contribution >= 0.6 is 0 Å². The first-order chi connectivity index (χ1) is 22.1. The van der Waals surface area contributed by atoms with Gasteiger partial charge in [0.05, 0.1) is 24.9 Å². The average molecular weight is 617 g/mol. The standard InChI is InChI=1S/C40H56O5/c1-5-9-11-12-13-14-15-17-29-42-35-24-26-37(27-25-35)45-40(41)33-21-28-38(39(31-33)43-30-16-10-6-2)32-19-22-36(23-20-32)44-34(8-4)18-7-3/h19-28,31,34H,5-18,29-30H2,1-4H3. The van der Waals surface area contributed by atoms with Gasteiger partial charge in [0.2, 0.25) is 0 Å². The largest absolute Gasteiger partial charge is 0.494 e. The summed E-state index contributed by atoms with van der Waals surface area (Å²) >= 11 is 0. The molecule has 0 heterocycles. The molecule has 3 rings (SSSR count). The van der Waals surface area contributed by atoms with Crippen molar-refractivity contribution in [1.82, 2.24) is 0 Å². The van der Waals surface area contributed by atoms with Crippen molar-refractivity contribution in [3.8, 4) is 34.1 Å². The monoisotopic (exact) mass is 616 g/mol. The SMILES string of the molecule is CCCCCCCCCCOc1ccc(OC(=O)c2ccc(-c3ccc(OC(CC)CCC)cc3)c(OCCCCC)c2)cc1. The summed E-state index contributed by atoms with van der Waals surface area (Å²) in [5, 5.41) is 0. The lowest BCUT2D eigenvalue weighted by molar-refractivity contribution is 0.0734. The van der Waals surface area contributed by atoms with Gasteiger partial charge in [-0.3, -0.25) is 0 Å². The van der Waals surface area contributed by atoms with Gasteiger partial charge in [-0.2, -0.15) is 0 Å². The Bertz CT molecular complexity index is 1220. The summed E-state index contributed by atoms with van der Waals surface area (Å²) in [5.41, 5.74) is 2.40. The minimum atomic E-state index is -0.419. The fourth-order valence-electron chi connectivity index (χ4n) is 5.31. The molecule has 0 bridgehead atoms. The minimum absolute atomic E-state index is 0.229. The summed E-state index contributed by atoms with van der Waals surface area (Å²) < 4.78 is 24.0. The Hall–Kier alpha value is -3.47. The lowest BCUT2D eigenvalue weighted by Crippen LogP contribution is -2.14. The number of carbonyl (C=O) groups excluding carboxylic acids is 1. The van der Waals surface area contributed by atoms with Gasteiger partial charge in [-0.15, -0.1) is 0 Å². The van der Waals surface area contributed by atoms with E-state index in [9.17, 15) is 4.79 Å². The van der Waals surface area contributed by atoms with E-state index in [1.807, 2.05) is 30.3 Å². The molecule has 0 saturated heterocycles. The fourth-order valence-corrected chi connectivity index (χ4v) is 5.31. The van der Waals surface area contributed by atoms with E-state index < -0.39 is 5.97 Å². The molecule has 0 aliphatic heterocycles. The average Bonchev–Trinajstić information content (AvgIpc) is 3.06. The molecule has 0 aromatic heterocycles. The van der Waals surface area contributed by atoms with Crippen molar-refractivity contribution < 1.29 is 23.7 Å². The van der Waals surface area contributed by atoms with E-state index in [-0.39, 0.29) is 6.10 Å². The van der Waals surface area contributed by atoms with Crippen LogP contribution in [0.3, 0.4) is 0 Å². The predicted octanol–water partition coefficient (Wildman–Crippen LogP) is 11.6. The van der Waals surface area contributed by atoms with Gasteiger partial charge >= 0.3 is 5.97 Å². The second kappa shape index (κ2) is 21.3. The van der Waals surface area contributed by atoms with Crippen molar-refractivity contribution in [2.45, 2.75) is 124 Å². The van der Waals surface area contributed by atoms with Crippen LogP contribution in [-0.4, -0.2) is 25.3 Å². The van der Waals surface area contributed by atoms with Crippen LogP contribution in [0.4, 0.5) is 0 Å². The third-order valence-corrected chi connectivity index (χ3v) is 8.06. The highest BCUT2D eigenvalue weighted by Crippen LogP contribution is 2.33. The minimum Gasteiger partial charge on any atom is -0.494 e. The third kappa shape index (κ3) is 13.2. The predicted molar refractivity (Wildman–Crippen MR) is 186 cm³/mol. The number of ether oxygens (including phenoxy) is 4. The summed E-state index contributed by atoms with van der Waals surface area (Å²) in [6.45, 7) is 10.1. The molecule has 5 heteroatoms. The molecule has 0 aliphatic carbocycles. The van der Waals surface area contributed by atoms with E-state index in [1.54, 1.807) is 24.3 Å². The van der Waals surface area contributed by atoms with Gasteiger partial charge in [0.15, 0.2) is 0 Å². The van der Waals surface area contributed by atoms with Crippen molar-refractivity contribution in [2.24, 2.45) is 0 Å². The summed E-state index contributed by atoms with van der Waals surface area (Å²) in [7, 11) is 0. The third-order valence-electron chi connectivity index (χ3n) is 8.06. The number of hydrogen-bond donors (Lipinski definition) is 0. The maximum Gasteiger partial charge on any atom is 0.343 e. The molecule has 0 fully saturated rings. The van der Waals surface area contributed by atoms with Crippen molar-refractivity contribution in [1.29, 1.82) is 0 Å². The molecule has 45 heavy (non-hydrogen) atoms. The van der Waals surface area contributed by atoms with E-state index in [0.717, 1.165) is 67.6 Å². The number of benzene rings is 3. The van der Waals surface area contributed by atoms with E-state index in [4.69, 9.17) is 18.9 Å². The zero-order valence-electron chi connectivity index (χ0n) is 28.3. The van der Waals surface area contributed by atoms with Crippen molar-refractivity contribution in [2.75, 3.05) is 13.2 Å². The van der Waals surface area contributed by atoms with Crippen LogP contribution in [0.2, 0.25) is 0 Å². The Labute approximate surface area is 272 Å². The molecule has 0 amide bonds. The Morgan fingerprint density at radius 3 is 1.84 bits per heavy atom. The van der Waals surface area contributed by atoms with Crippen LogP contribution in [-0.2, 0) is 0 Å². The van der Waals surface area contributed by atoms with Gasteiger partial charge in [0.1, 0.15) is 23.0 Å². The Kier molecular flexibility index (Phi) is 17.0. The highest BCUT2D eigenvalue weighted by atomic mass is 16.5. The Morgan fingerprint density at radius 2 is 1.18 bits per heavy atom. The Balaban J connectivity index is 1.59. The molecule has 0 N–H and O–H groups in total. The molecule has 0 saturated carbocycles. The first kappa shape index (κ1) is 36.0. The molecule has 1 unspecified atom stereocenters. The number of rotatable bonds is 23. The summed E-state index contributed by atoms with van der Waals surface area (Å²) in [4.78, 5) is 13.1. The van der Waals surface area contributed by atoms with E-state index in [2.05, 4.69) is 39.8 Å². The zero-order chi connectivity index (χ0) is 32.1. The molecule has 0 spiro atoms. The second-order valence-electron chi connectivity index (χ2n) is 11.9. The van der Waals surface area contributed by atoms with Gasteiger partial charge in [-0.05, 0) is 85.8 Å². The number of esters is 1. The highest BCUT2D eigenvalue weighted by Gasteiger charge is 2.15.